The number of aldehydes is 1. The molecule has 4 heteroatoms. The summed E-state index contributed by atoms with van der Waals surface area (Å²) in [5.41, 5.74) is 1.52. The zero-order valence-corrected chi connectivity index (χ0v) is 13.3. The fraction of sp³-hybridized carbons (Fsp3) is 0.316. The van der Waals surface area contributed by atoms with Crippen molar-refractivity contribution in [3.8, 4) is 11.5 Å². The predicted molar refractivity (Wildman–Crippen MR) is 87.2 cm³/mol. The molecule has 1 saturated carbocycles. The van der Waals surface area contributed by atoms with Gasteiger partial charge in [0.1, 0.15) is 17.8 Å². The van der Waals surface area contributed by atoms with Crippen LogP contribution in [0.15, 0.2) is 42.5 Å². The predicted octanol–water partition coefficient (Wildman–Crippen LogP) is 3.28. The molecule has 2 aromatic carbocycles. The van der Waals surface area contributed by atoms with Crippen molar-refractivity contribution >= 4 is 6.29 Å². The third kappa shape index (κ3) is 2.70. The maximum atomic E-state index is 11.1. The molecule has 2 atom stereocenters. The summed E-state index contributed by atoms with van der Waals surface area (Å²) in [7, 11) is 3.23. The first-order valence-corrected chi connectivity index (χ1v) is 7.62. The normalized spacial score (nSPS) is 23.0. The minimum Gasteiger partial charge on any atom is -0.497 e. The topological polar surface area (TPSA) is 55.8 Å². The molecule has 0 aromatic heterocycles. The summed E-state index contributed by atoms with van der Waals surface area (Å²) in [4.78, 5) is 10.8. The SMILES string of the molecule is COc1cc(OC)cc([C@H]2CC[C@@]2(O)c2ccc(C=O)cc2)c1. The molecule has 0 saturated heterocycles. The van der Waals surface area contributed by atoms with Crippen molar-refractivity contribution < 1.29 is 19.4 Å². The van der Waals surface area contributed by atoms with E-state index in [9.17, 15) is 9.90 Å². The first-order valence-electron chi connectivity index (χ1n) is 7.62. The van der Waals surface area contributed by atoms with Crippen LogP contribution in [0.4, 0.5) is 0 Å². The molecular weight excluding hydrogens is 292 g/mol. The van der Waals surface area contributed by atoms with Crippen molar-refractivity contribution in [2.24, 2.45) is 0 Å². The summed E-state index contributed by atoms with van der Waals surface area (Å²) in [6.07, 6.45) is 2.39. The van der Waals surface area contributed by atoms with Gasteiger partial charge in [0, 0.05) is 17.5 Å². The van der Waals surface area contributed by atoms with Crippen LogP contribution in [0.5, 0.6) is 11.5 Å². The third-order valence-electron chi connectivity index (χ3n) is 4.71. The van der Waals surface area contributed by atoms with Crippen LogP contribution in [0, 0.1) is 0 Å². The van der Waals surface area contributed by atoms with E-state index in [-0.39, 0.29) is 5.92 Å². The Bertz CT molecular complexity index is 686. The van der Waals surface area contributed by atoms with Crippen LogP contribution in [0.3, 0.4) is 0 Å². The standard InChI is InChI=1S/C19H20O4/c1-22-16-9-14(10-17(11-16)23-2)18-7-8-19(18,21)15-5-3-13(12-20)4-6-15/h3-6,9-12,18,21H,7-8H2,1-2H3/t18-,19-/m1/s1. The van der Waals surface area contributed by atoms with Crippen LogP contribution in [-0.2, 0) is 5.60 Å². The minimum atomic E-state index is -0.918. The molecule has 3 rings (SSSR count). The highest BCUT2D eigenvalue weighted by atomic mass is 16.5. The molecular formula is C19H20O4. The highest BCUT2D eigenvalue weighted by molar-refractivity contribution is 5.74. The lowest BCUT2D eigenvalue weighted by molar-refractivity contribution is -0.0645. The van der Waals surface area contributed by atoms with Crippen molar-refractivity contribution in [1.82, 2.24) is 0 Å². The van der Waals surface area contributed by atoms with Gasteiger partial charge in [-0.2, -0.15) is 0 Å². The van der Waals surface area contributed by atoms with Gasteiger partial charge in [-0.25, -0.2) is 0 Å². The summed E-state index contributed by atoms with van der Waals surface area (Å²) >= 11 is 0. The molecule has 0 spiro atoms. The van der Waals surface area contributed by atoms with E-state index in [1.54, 1.807) is 26.4 Å². The van der Waals surface area contributed by atoms with E-state index in [1.165, 1.54) is 0 Å². The van der Waals surface area contributed by atoms with Gasteiger partial charge in [0.2, 0.25) is 0 Å². The van der Waals surface area contributed by atoms with Crippen LogP contribution < -0.4 is 9.47 Å². The first kappa shape index (κ1) is 15.6. The molecule has 0 bridgehead atoms. The van der Waals surface area contributed by atoms with Gasteiger partial charge < -0.3 is 14.6 Å². The zero-order valence-electron chi connectivity index (χ0n) is 13.3. The Morgan fingerprint density at radius 3 is 2.13 bits per heavy atom. The van der Waals surface area contributed by atoms with E-state index >= 15 is 0 Å². The second-order valence-corrected chi connectivity index (χ2v) is 5.90. The van der Waals surface area contributed by atoms with Crippen molar-refractivity contribution in [3.05, 3.63) is 59.2 Å². The van der Waals surface area contributed by atoms with Crippen LogP contribution in [-0.4, -0.2) is 25.6 Å². The van der Waals surface area contributed by atoms with Crippen molar-refractivity contribution in [3.63, 3.8) is 0 Å². The molecule has 1 aliphatic carbocycles. The van der Waals surface area contributed by atoms with E-state index in [0.717, 1.165) is 23.8 Å². The molecule has 0 unspecified atom stereocenters. The zero-order chi connectivity index (χ0) is 16.4. The molecule has 0 aliphatic heterocycles. The lowest BCUT2D eigenvalue weighted by atomic mass is 9.63. The average Bonchev–Trinajstić information content (AvgIpc) is 2.59. The largest absolute Gasteiger partial charge is 0.497 e. The van der Waals surface area contributed by atoms with Gasteiger partial charge in [0.05, 0.1) is 19.8 Å². The van der Waals surface area contributed by atoms with E-state index in [1.807, 2.05) is 30.3 Å². The van der Waals surface area contributed by atoms with Gasteiger partial charge in [-0.3, -0.25) is 4.79 Å². The minimum absolute atomic E-state index is 0.0198. The number of ether oxygens (including phenoxy) is 2. The summed E-state index contributed by atoms with van der Waals surface area (Å²) in [5, 5.41) is 11.1. The van der Waals surface area contributed by atoms with Gasteiger partial charge in [-0.05, 0) is 36.1 Å². The van der Waals surface area contributed by atoms with E-state index in [0.29, 0.717) is 23.5 Å². The molecule has 1 fully saturated rings. The van der Waals surface area contributed by atoms with Crippen molar-refractivity contribution in [2.45, 2.75) is 24.4 Å². The lowest BCUT2D eigenvalue weighted by Crippen LogP contribution is -2.42. The van der Waals surface area contributed by atoms with Crippen molar-refractivity contribution in [2.75, 3.05) is 14.2 Å². The monoisotopic (exact) mass is 312 g/mol. The lowest BCUT2D eigenvalue weighted by Gasteiger charge is -2.46. The number of carbonyl (C=O) groups excluding carboxylic acids is 1. The number of aliphatic hydroxyl groups is 1. The Balaban J connectivity index is 1.95. The van der Waals surface area contributed by atoms with Crippen LogP contribution in [0.1, 0.15) is 40.2 Å². The smallest absolute Gasteiger partial charge is 0.150 e. The van der Waals surface area contributed by atoms with Gasteiger partial charge in [0.25, 0.3) is 0 Å². The van der Waals surface area contributed by atoms with E-state index in [2.05, 4.69) is 0 Å². The number of rotatable bonds is 5. The van der Waals surface area contributed by atoms with Gasteiger partial charge in [-0.15, -0.1) is 0 Å². The van der Waals surface area contributed by atoms with E-state index < -0.39 is 5.60 Å². The van der Waals surface area contributed by atoms with Crippen molar-refractivity contribution in [1.29, 1.82) is 0 Å². The number of methoxy groups -OCH3 is 2. The molecule has 23 heavy (non-hydrogen) atoms. The Morgan fingerprint density at radius 2 is 1.70 bits per heavy atom. The molecule has 120 valence electrons. The second kappa shape index (κ2) is 6.05. The summed E-state index contributed by atoms with van der Waals surface area (Å²) in [5.74, 6) is 1.41. The third-order valence-corrected chi connectivity index (χ3v) is 4.71. The highest BCUT2D eigenvalue weighted by Crippen LogP contribution is 2.53. The Morgan fingerprint density at radius 1 is 1.09 bits per heavy atom. The molecule has 0 amide bonds. The number of carbonyl (C=O) groups is 1. The Labute approximate surface area is 135 Å². The Hall–Kier alpha value is -2.33. The molecule has 2 aromatic rings. The number of hydrogen-bond donors (Lipinski definition) is 1. The maximum absolute atomic E-state index is 11.1. The van der Waals surface area contributed by atoms with Gasteiger partial charge in [-0.1, -0.05) is 24.3 Å². The van der Waals surface area contributed by atoms with Gasteiger partial charge in [0.15, 0.2) is 0 Å². The number of benzene rings is 2. The molecule has 1 N–H and O–H groups in total. The second-order valence-electron chi connectivity index (χ2n) is 5.90. The van der Waals surface area contributed by atoms with Crippen LogP contribution >= 0.6 is 0 Å². The quantitative estimate of drug-likeness (QED) is 0.861. The maximum Gasteiger partial charge on any atom is 0.150 e. The summed E-state index contributed by atoms with van der Waals surface area (Å²) < 4.78 is 10.6. The van der Waals surface area contributed by atoms with Gasteiger partial charge >= 0.3 is 0 Å². The average molecular weight is 312 g/mol. The first-order chi connectivity index (χ1) is 11.1. The fourth-order valence-electron chi connectivity index (χ4n) is 3.23. The summed E-state index contributed by atoms with van der Waals surface area (Å²) in [6, 6.07) is 12.8. The molecule has 0 radical (unpaired) electrons. The van der Waals surface area contributed by atoms with Crippen LogP contribution in [0.2, 0.25) is 0 Å². The molecule has 0 heterocycles. The number of hydrogen-bond acceptors (Lipinski definition) is 4. The molecule has 4 nitrogen and oxygen atoms in total. The highest BCUT2D eigenvalue weighted by Gasteiger charge is 2.47. The molecule has 1 aliphatic rings. The Kier molecular flexibility index (Phi) is 4.09. The fourth-order valence-corrected chi connectivity index (χ4v) is 3.23. The van der Waals surface area contributed by atoms with E-state index in [4.69, 9.17) is 9.47 Å². The summed E-state index contributed by atoms with van der Waals surface area (Å²) in [6.45, 7) is 0. The van der Waals surface area contributed by atoms with Crippen LogP contribution in [0.25, 0.3) is 0 Å².